The van der Waals surface area contributed by atoms with Crippen LogP contribution in [0.25, 0.3) is 0 Å². The van der Waals surface area contributed by atoms with E-state index in [0.29, 0.717) is 18.0 Å². The number of nitrogens with one attached hydrogen (secondary N) is 1. The van der Waals surface area contributed by atoms with Gasteiger partial charge in [0.2, 0.25) is 0 Å². The quantitative estimate of drug-likeness (QED) is 0.814. The van der Waals surface area contributed by atoms with Gasteiger partial charge in [0.1, 0.15) is 16.0 Å². The molecule has 0 amide bonds. The highest BCUT2D eigenvalue weighted by Gasteiger charge is 2.11. The molecule has 0 unspecified atom stereocenters. The zero-order valence-corrected chi connectivity index (χ0v) is 9.59. The zero-order chi connectivity index (χ0) is 10.6. The second-order valence-electron chi connectivity index (χ2n) is 2.61. The molecule has 0 bridgehead atoms. The summed E-state index contributed by atoms with van der Waals surface area (Å²) in [5.41, 5.74) is 2.93. The van der Waals surface area contributed by atoms with Crippen LogP contribution in [-0.2, 0) is 6.54 Å². The van der Waals surface area contributed by atoms with Crippen LogP contribution in [-0.4, -0.2) is 19.4 Å². The van der Waals surface area contributed by atoms with Crippen molar-refractivity contribution in [2.75, 3.05) is 14.2 Å². The fourth-order valence-electron chi connectivity index (χ4n) is 1.18. The molecule has 0 saturated heterocycles. The van der Waals surface area contributed by atoms with Crippen LogP contribution in [0.3, 0.4) is 0 Å². The molecule has 1 rings (SSSR count). The molecular weight excluding hydrogens is 250 g/mol. The van der Waals surface area contributed by atoms with E-state index in [2.05, 4.69) is 21.4 Å². The van der Waals surface area contributed by atoms with Crippen LogP contribution >= 0.6 is 15.9 Å². The van der Waals surface area contributed by atoms with E-state index in [0.717, 1.165) is 10.0 Å². The summed E-state index contributed by atoms with van der Waals surface area (Å²) in [4.78, 5) is 0. The number of ether oxygens (including phenoxy) is 2. The molecular formula is C9H12BrNO3. The molecule has 0 atom stereocenters. The Hall–Kier alpha value is -0.780. The number of benzene rings is 1. The molecule has 0 radical (unpaired) electrons. The number of hydrogen-bond donors (Lipinski definition) is 2. The van der Waals surface area contributed by atoms with E-state index >= 15 is 0 Å². The van der Waals surface area contributed by atoms with Crippen LogP contribution in [0.2, 0.25) is 0 Å². The van der Waals surface area contributed by atoms with Gasteiger partial charge in [0.25, 0.3) is 0 Å². The lowest BCUT2D eigenvalue weighted by molar-refractivity contribution is 0.160. The van der Waals surface area contributed by atoms with E-state index in [9.17, 15) is 0 Å². The molecule has 4 nitrogen and oxygen atoms in total. The topological polar surface area (TPSA) is 50.7 Å². The Morgan fingerprint density at radius 3 is 2.57 bits per heavy atom. The number of hydrogen-bond acceptors (Lipinski definition) is 4. The minimum absolute atomic E-state index is 0.325. The molecule has 0 aliphatic carbocycles. The summed E-state index contributed by atoms with van der Waals surface area (Å²) in [6.07, 6.45) is 0. The third-order valence-corrected chi connectivity index (χ3v) is 2.59. The molecule has 1 aromatic carbocycles. The lowest BCUT2D eigenvalue weighted by atomic mass is 10.2. The van der Waals surface area contributed by atoms with Crippen LogP contribution in [0.4, 0.5) is 0 Å². The van der Waals surface area contributed by atoms with Gasteiger partial charge in [-0.05, 0) is 22.0 Å². The van der Waals surface area contributed by atoms with Gasteiger partial charge in [-0.1, -0.05) is 6.07 Å². The molecule has 0 heterocycles. The molecule has 5 heteroatoms. The molecule has 0 spiro atoms. The van der Waals surface area contributed by atoms with Gasteiger partial charge in [0.15, 0.2) is 0 Å². The highest BCUT2D eigenvalue weighted by atomic mass is 79.9. The molecule has 1 aromatic rings. The van der Waals surface area contributed by atoms with Crippen LogP contribution in [0.5, 0.6) is 11.5 Å². The van der Waals surface area contributed by atoms with Crippen LogP contribution < -0.4 is 15.0 Å². The first-order valence-corrected chi connectivity index (χ1v) is 4.80. The molecule has 0 saturated carbocycles. The van der Waals surface area contributed by atoms with E-state index in [1.165, 1.54) is 0 Å². The van der Waals surface area contributed by atoms with Crippen LogP contribution in [0, 0.1) is 0 Å². The summed E-state index contributed by atoms with van der Waals surface area (Å²) in [7, 11) is 3.16. The van der Waals surface area contributed by atoms with Gasteiger partial charge in [-0.15, -0.1) is 0 Å². The fraction of sp³-hybridized carbons (Fsp3) is 0.333. The summed E-state index contributed by atoms with van der Waals surface area (Å²) in [6.45, 7) is 0.325. The van der Waals surface area contributed by atoms with Crippen molar-refractivity contribution in [1.82, 2.24) is 5.48 Å². The summed E-state index contributed by atoms with van der Waals surface area (Å²) < 4.78 is 11.0. The van der Waals surface area contributed by atoms with E-state index in [1.807, 2.05) is 6.07 Å². The van der Waals surface area contributed by atoms with E-state index in [-0.39, 0.29) is 0 Å². The average molecular weight is 262 g/mol. The Balaban J connectivity index is 3.14. The Morgan fingerprint density at radius 1 is 1.36 bits per heavy atom. The van der Waals surface area contributed by atoms with Crippen molar-refractivity contribution in [2.45, 2.75) is 6.54 Å². The standard InChI is InChI=1S/C9H12BrNO3/c1-13-7-4-3-6(5-11-12)9(14-2)8(7)10/h3-4,11-12H,5H2,1-2H3. The second kappa shape index (κ2) is 5.19. The first kappa shape index (κ1) is 11.3. The van der Waals surface area contributed by atoms with Crippen LogP contribution in [0.15, 0.2) is 16.6 Å². The predicted molar refractivity (Wildman–Crippen MR) is 55.9 cm³/mol. The minimum Gasteiger partial charge on any atom is -0.495 e. The monoisotopic (exact) mass is 261 g/mol. The Morgan fingerprint density at radius 2 is 2.07 bits per heavy atom. The summed E-state index contributed by atoms with van der Waals surface area (Å²) in [5, 5.41) is 8.60. The van der Waals surface area contributed by atoms with Crippen molar-refractivity contribution >= 4 is 15.9 Å². The van der Waals surface area contributed by atoms with Gasteiger partial charge in [-0.25, -0.2) is 5.48 Å². The van der Waals surface area contributed by atoms with E-state index < -0.39 is 0 Å². The predicted octanol–water partition coefficient (Wildman–Crippen LogP) is 1.95. The Labute approximate surface area is 90.9 Å². The molecule has 2 N–H and O–H groups in total. The fourth-order valence-corrected chi connectivity index (χ4v) is 1.89. The smallest absolute Gasteiger partial charge is 0.141 e. The third-order valence-electron chi connectivity index (χ3n) is 1.84. The summed E-state index contributed by atoms with van der Waals surface area (Å²) in [5.74, 6) is 1.36. The van der Waals surface area contributed by atoms with Gasteiger partial charge < -0.3 is 14.7 Å². The van der Waals surface area contributed by atoms with Crippen LogP contribution in [0.1, 0.15) is 5.56 Å². The highest BCUT2D eigenvalue weighted by Crippen LogP contribution is 2.36. The molecule has 0 aliphatic heterocycles. The zero-order valence-electron chi connectivity index (χ0n) is 8.00. The van der Waals surface area contributed by atoms with Crippen molar-refractivity contribution < 1.29 is 14.7 Å². The molecule has 0 aliphatic rings. The van der Waals surface area contributed by atoms with Gasteiger partial charge in [0, 0.05) is 12.1 Å². The summed E-state index contributed by atoms with van der Waals surface area (Å²) in [6, 6.07) is 3.63. The molecule has 0 aromatic heterocycles. The normalized spacial score (nSPS) is 10.0. The third kappa shape index (κ3) is 2.17. The largest absolute Gasteiger partial charge is 0.495 e. The van der Waals surface area contributed by atoms with Gasteiger partial charge in [-0.2, -0.15) is 0 Å². The lowest BCUT2D eigenvalue weighted by Crippen LogP contribution is -2.08. The number of methoxy groups -OCH3 is 2. The SMILES string of the molecule is COc1ccc(CNO)c(OC)c1Br. The van der Waals surface area contributed by atoms with Crippen molar-refractivity contribution in [1.29, 1.82) is 0 Å². The lowest BCUT2D eigenvalue weighted by Gasteiger charge is -2.12. The van der Waals surface area contributed by atoms with E-state index in [4.69, 9.17) is 14.7 Å². The number of halogens is 1. The van der Waals surface area contributed by atoms with Gasteiger partial charge in [0.05, 0.1) is 14.2 Å². The Kier molecular flexibility index (Phi) is 4.19. The van der Waals surface area contributed by atoms with Crippen molar-refractivity contribution in [3.63, 3.8) is 0 Å². The second-order valence-corrected chi connectivity index (χ2v) is 3.40. The maximum absolute atomic E-state index is 8.60. The number of rotatable bonds is 4. The minimum atomic E-state index is 0.325. The van der Waals surface area contributed by atoms with Crippen molar-refractivity contribution in [2.24, 2.45) is 0 Å². The molecule has 0 fully saturated rings. The van der Waals surface area contributed by atoms with Gasteiger partial charge >= 0.3 is 0 Å². The highest BCUT2D eigenvalue weighted by molar-refractivity contribution is 9.10. The van der Waals surface area contributed by atoms with Crippen molar-refractivity contribution in [3.8, 4) is 11.5 Å². The average Bonchev–Trinajstić information content (AvgIpc) is 2.19. The molecule has 78 valence electrons. The number of hydroxylamine groups is 1. The summed E-state index contributed by atoms with van der Waals surface area (Å²) >= 11 is 3.36. The first-order chi connectivity index (χ1) is 6.74. The molecule has 14 heavy (non-hydrogen) atoms. The maximum Gasteiger partial charge on any atom is 0.141 e. The maximum atomic E-state index is 8.60. The first-order valence-electron chi connectivity index (χ1n) is 4.01. The van der Waals surface area contributed by atoms with Crippen molar-refractivity contribution in [3.05, 3.63) is 22.2 Å². The Bertz CT molecular complexity index is 317. The van der Waals surface area contributed by atoms with Gasteiger partial charge in [-0.3, -0.25) is 0 Å². The van der Waals surface area contributed by atoms with E-state index in [1.54, 1.807) is 20.3 Å².